The van der Waals surface area contributed by atoms with Gasteiger partial charge in [0.2, 0.25) is 0 Å². The Bertz CT molecular complexity index is 578. The van der Waals surface area contributed by atoms with Gasteiger partial charge in [0.1, 0.15) is 11.2 Å². The fourth-order valence-corrected chi connectivity index (χ4v) is 2.25. The molecule has 0 atom stereocenters. The number of benzene rings is 1. The van der Waals surface area contributed by atoms with Crippen LogP contribution < -0.4 is 10.5 Å². The molecule has 3 N–H and O–H groups in total. The van der Waals surface area contributed by atoms with Gasteiger partial charge >= 0.3 is 6.01 Å². The summed E-state index contributed by atoms with van der Waals surface area (Å²) in [5.41, 5.74) is 5.73. The standard InChI is InChI=1S/C9H9N3O3S/c10-7-3-1-2-4-8(7)16(13,14)12-9-11-5-6-15-9/h1-6H,10H2,(H,11,12). The van der Waals surface area contributed by atoms with E-state index in [-0.39, 0.29) is 16.6 Å². The quantitative estimate of drug-likeness (QED) is 0.780. The van der Waals surface area contributed by atoms with Gasteiger partial charge in [-0.05, 0) is 12.1 Å². The molecule has 1 aromatic heterocycles. The van der Waals surface area contributed by atoms with Gasteiger partial charge in [0.05, 0.1) is 11.9 Å². The third kappa shape index (κ3) is 1.98. The lowest BCUT2D eigenvalue weighted by Gasteiger charge is -2.06. The van der Waals surface area contributed by atoms with Crippen LogP contribution in [0.3, 0.4) is 0 Å². The summed E-state index contributed by atoms with van der Waals surface area (Å²) in [6.45, 7) is 0. The van der Waals surface area contributed by atoms with Gasteiger partial charge in [0.15, 0.2) is 0 Å². The van der Waals surface area contributed by atoms with Crippen molar-refractivity contribution in [2.45, 2.75) is 4.90 Å². The summed E-state index contributed by atoms with van der Waals surface area (Å²) in [5, 5.41) is 0. The Kier molecular flexibility index (Phi) is 2.53. The zero-order valence-corrected chi connectivity index (χ0v) is 8.94. The highest BCUT2D eigenvalue weighted by atomic mass is 32.2. The van der Waals surface area contributed by atoms with Crippen molar-refractivity contribution in [1.82, 2.24) is 4.98 Å². The van der Waals surface area contributed by atoms with Gasteiger partial charge in [-0.1, -0.05) is 12.1 Å². The SMILES string of the molecule is Nc1ccccc1S(=O)(=O)Nc1ncco1. The first kappa shape index (κ1) is 10.5. The molecular weight excluding hydrogens is 230 g/mol. The Morgan fingerprint density at radius 2 is 2.06 bits per heavy atom. The van der Waals surface area contributed by atoms with Crippen LogP contribution in [0.5, 0.6) is 0 Å². The monoisotopic (exact) mass is 239 g/mol. The number of hydrogen-bond donors (Lipinski definition) is 2. The summed E-state index contributed by atoms with van der Waals surface area (Å²) in [5.74, 6) is 0. The van der Waals surface area contributed by atoms with E-state index in [2.05, 4.69) is 9.71 Å². The number of anilines is 2. The Morgan fingerprint density at radius 1 is 1.31 bits per heavy atom. The summed E-state index contributed by atoms with van der Waals surface area (Å²) in [6, 6.07) is 6.05. The van der Waals surface area contributed by atoms with E-state index in [4.69, 9.17) is 10.2 Å². The van der Waals surface area contributed by atoms with Crippen molar-refractivity contribution in [3.63, 3.8) is 0 Å². The fourth-order valence-electron chi connectivity index (χ4n) is 1.17. The summed E-state index contributed by atoms with van der Waals surface area (Å²) >= 11 is 0. The predicted octanol–water partition coefficient (Wildman–Crippen LogP) is 1.06. The molecule has 16 heavy (non-hydrogen) atoms. The van der Waals surface area contributed by atoms with Crippen LogP contribution in [0.1, 0.15) is 0 Å². The minimum atomic E-state index is -3.75. The summed E-state index contributed by atoms with van der Waals surface area (Å²) in [7, 11) is -3.75. The number of oxazole rings is 1. The first-order valence-corrected chi connectivity index (χ1v) is 5.85. The molecule has 0 aliphatic heterocycles. The zero-order chi connectivity index (χ0) is 11.6. The second-order valence-electron chi connectivity index (χ2n) is 2.98. The number of nitrogen functional groups attached to an aromatic ring is 1. The van der Waals surface area contributed by atoms with Crippen molar-refractivity contribution in [1.29, 1.82) is 0 Å². The van der Waals surface area contributed by atoms with Crippen LogP contribution in [0, 0.1) is 0 Å². The van der Waals surface area contributed by atoms with Crippen molar-refractivity contribution in [2.24, 2.45) is 0 Å². The Labute approximate surface area is 92.2 Å². The van der Waals surface area contributed by atoms with Crippen LogP contribution in [0.25, 0.3) is 0 Å². The third-order valence-electron chi connectivity index (χ3n) is 1.86. The molecule has 2 rings (SSSR count). The van der Waals surface area contributed by atoms with E-state index in [1.54, 1.807) is 12.1 Å². The Morgan fingerprint density at radius 3 is 2.69 bits per heavy atom. The van der Waals surface area contributed by atoms with E-state index in [1.165, 1.54) is 24.6 Å². The summed E-state index contributed by atoms with van der Waals surface area (Å²) in [4.78, 5) is 3.65. The highest BCUT2D eigenvalue weighted by Gasteiger charge is 2.18. The zero-order valence-electron chi connectivity index (χ0n) is 8.12. The van der Waals surface area contributed by atoms with Gasteiger partial charge in [-0.2, -0.15) is 0 Å². The highest BCUT2D eigenvalue weighted by molar-refractivity contribution is 7.92. The van der Waals surface area contributed by atoms with Gasteiger partial charge in [-0.25, -0.2) is 18.1 Å². The van der Waals surface area contributed by atoms with Crippen LogP contribution in [-0.2, 0) is 10.0 Å². The largest absolute Gasteiger partial charge is 0.432 e. The third-order valence-corrected chi connectivity index (χ3v) is 3.26. The smallest absolute Gasteiger partial charge is 0.308 e. The van der Waals surface area contributed by atoms with Crippen molar-refractivity contribution in [2.75, 3.05) is 10.5 Å². The van der Waals surface area contributed by atoms with Crippen LogP contribution in [0.4, 0.5) is 11.7 Å². The summed E-state index contributed by atoms with van der Waals surface area (Å²) < 4.78 is 30.6. The molecule has 0 aliphatic rings. The first-order chi connectivity index (χ1) is 7.59. The maximum Gasteiger partial charge on any atom is 0.308 e. The molecule has 6 nitrogen and oxygen atoms in total. The molecule has 0 radical (unpaired) electrons. The lowest BCUT2D eigenvalue weighted by atomic mass is 10.3. The van der Waals surface area contributed by atoms with Gasteiger partial charge in [0.25, 0.3) is 10.0 Å². The maximum atomic E-state index is 11.8. The van der Waals surface area contributed by atoms with Gasteiger partial charge in [-0.3, -0.25) is 0 Å². The fraction of sp³-hybridized carbons (Fsp3) is 0. The van der Waals surface area contributed by atoms with Gasteiger partial charge < -0.3 is 10.2 Å². The number of para-hydroxylation sites is 1. The van der Waals surface area contributed by atoms with E-state index in [0.717, 1.165) is 0 Å². The van der Waals surface area contributed by atoms with Crippen LogP contribution in [-0.4, -0.2) is 13.4 Å². The minimum absolute atomic E-state index is 0.00630. The van der Waals surface area contributed by atoms with E-state index < -0.39 is 10.0 Å². The highest BCUT2D eigenvalue weighted by Crippen LogP contribution is 2.19. The van der Waals surface area contributed by atoms with Crippen molar-refractivity contribution in [3.05, 3.63) is 36.7 Å². The number of rotatable bonds is 3. The number of nitrogens with two attached hydrogens (primary N) is 1. The molecular formula is C9H9N3O3S. The number of hydrogen-bond acceptors (Lipinski definition) is 5. The lowest BCUT2D eigenvalue weighted by molar-refractivity contribution is 0.570. The molecule has 2 aromatic rings. The molecule has 0 unspecified atom stereocenters. The van der Waals surface area contributed by atoms with Crippen molar-refractivity contribution < 1.29 is 12.8 Å². The van der Waals surface area contributed by atoms with Crippen LogP contribution >= 0.6 is 0 Å². The molecule has 0 aliphatic carbocycles. The van der Waals surface area contributed by atoms with Crippen molar-refractivity contribution >= 4 is 21.7 Å². The number of sulfonamides is 1. The number of nitrogens with zero attached hydrogens (tertiary/aromatic N) is 1. The Hall–Kier alpha value is -2.02. The molecule has 84 valence electrons. The molecule has 0 saturated heterocycles. The van der Waals surface area contributed by atoms with Gasteiger partial charge in [-0.15, -0.1) is 0 Å². The molecule has 1 heterocycles. The topological polar surface area (TPSA) is 98.2 Å². The average molecular weight is 239 g/mol. The van der Waals surface area contributed by atoms with E-state index in [0.29, 0.717) is 0 Å². The predicted molar refractivity (Wildman–Crippen MR) is 58.2 cm³/mol. The number of aromatic nitrogens is 1. The lowest BCUT2D eigenvalue weighted by Crippen LogP contribution is -2.14. The number of nitrogens with one attached hydrogen (secondary N) is 1. The molecule has 0 saturated carbocycles. The molecule has 1 aromatic carbocycles. The Balaban J connectivity index is 2.37. The van der Waals surface area contributed by atoms with E-state index in [1.807, 2.05) is 0 Å². The maximum absolute atomic E-state index is 11.8. The summed E-state index contributed by atoms with van der Waals surface area (Å²) in [6.07, 6.45) is 2.61. The molecule has 0 amide bonds. The second-order valence-corrected chi connectivity index (χ2v) is 4.63. The van der Waals surface area contributed by atoms with Crippen LogP contribution in [0.15, 0.2) is 46.0 Å². The minimum Gasteiger partial charge on any atom is -0.432 e. The van der Waals surface area contributed by atoms with E-state index >= 15 is 0 Å². The molecule has 7 heteroatoms. The van der Waals surface area contributed by atoms with Crippen molar-refractivity contribution in [3.8, 4) is 0 Å². The van der Waals surface area contributed by atoms with Crippen LogP contribution in [0.2, 0.25) is 0 Å². The van der Waals surface area contributed by atoms with Gasteiger partial charge in [0, 0.05) is 0 Å². The molecule has 0 bridgehead atoms. The first-order valence-electron chi connectivity index (χ1n) is 4.36. The normalized spacial score (nSPS) is 11.2. The molecule has 0 fully saturated rings. The van der Waals surface area contributed by atoms with E-state index in [9.17, 15) is 8.42 Å². The average Bonchev–Trinajstić information content (AvgIpc) is 2.70. The second kappa shape index (κ2) is 3.86. The molecule has 0 spiro atoms.